The molecule has 0 saturated carbocycles. The van der Waals surface area contributed by atoms with Crippen molar-refractivity contribution in [1.29, 1.82) is 0 Å². The first-order valence-corrected chi connectivity index (χ1v) is 11.2. The van der Waals surface area contributed by atoms with Crippen molar-refractivity contribution in [3.63, 3.8) is 0 Å². The highest BCUT2D eigenvalue weighted by atomic mass is 15.1. The molecule has 0 aliphatic heterocycles. The van der Waals surface area contributed by atoms with E-state index in [0.717, 1.165) is 22.3 Å². The molecule has 7 rings (SSSR count). The van der Waals surface area contributed by atoms with Crippen molar-refractivity contribution in [3.8, 4) is 22.3 Å². The van der Waals surface area contributed by atoms with E-state index in [1.54, 1.807) is 0 Å². The molecule has 2 nitrogen and oxygen atoms in total. The summed E-state index contributed by atoms with van der Waals surface area (Å²) in [6.45, 7) is 0. The first kappa shape index (κ1) is 18.2. The molecule has 5 aromatic carbocycles. The van der Waals surface area contributed by atoms with Gasteiger partial charge in [-0.15, -0.1) is 0 Å². The maximum atomic E-state index is 4.51. The molecule has 0 N–H and O–H groups in total. The van der Waals surface area contributed by atoms with Crippen molar-refractivity contribution in [3.05, 3.63) is 121 Å². The fourth-order valence-electron chi connectivity index (χ4n) is 5.19. The third kappa shape index (κ3) is 2.71. The van der Waals surface area contributed by atoms with Gasteiger partial charge in [0.1, 0.15) is 0 Å². The SMILES string of the molecule is c1ccc(N(c2ccc3ncccc3c2)c2ccc3c4c(cccc24)-c2ccccc2-3)cc1. The molecule has 33 heavy (non-hydrogen) atoms. The van der Waals surface area contributed by atoms with E-state index in [-0.39, 0.29) is 0 Å². The normalized spacial score (nSPS) is 11.6. The van der Waals surface area contributed by atoms with E-state index in [4.69, 9.17) is 0 Å². The summed E-state index contributed by atoms with van der Waals surface area (Å²) in [5.41, 5.74) is 9.71. The molecule has 0 saturated heterocycles. The second-order valence-corrected chi connectivity index (χ2v) is 8.46. The zero-order chi connectivity index (χ0) is 21.8. The maximum absolute atomic E-state index is 4.51. The van der Waals surface area contributed by atoms with Gasteiger partial charge in [0.15, 0.2) is 0 Å². The Morgan fingerprint density at radius 3 is 2.12 bits per heavy atom. The van der Waals surface area contributed by atoms with Gasteiger partial charge in [-0.25, -0.2) is 0 Å². The van der Waals surface area contributed by atoms with Gasteiger partial charge in [0.25, 0.3) is 0 Å². The van der Waals surface area contributed by atoms with E-state index >= 15 is 0 Å². The molecule has 0 fully saturated rings. The number of hydrogen-bond donors (Lipinski definition) is 0. The molecule has 1 heterocycles. The van der Waals surface area contributed by atoms with Crippen LogP contribution in [-0.2, 0) is 0 Å². The van der Waals surface area contributed by atoms with Gasteiger partial charge in [0.05, 0.1) is 11.2 Å². The molecule has 0 spiro atoms. The van der Waals surface area contributed by atoms with E-state index < -0.39 is 0 Å². The third-order valence-corrected chi connectivity index (χ3v) is 6.63. The molecule has 0 bridgehead atoms. The number of anilines is 3. The van der Waals surface area contributed by atoms with Gasteiger partial charge < -0.3 is 4.90 Å². The second kappa shape index (κ2) is 7.04. The number of aromatic nitrogens is 1. The van der Waals surface area contributed by atoms with E-state index in [2.05, 4.69) is 119 Å². The summed E-state index contributed by atoms with van der Waals surface area (Å²) in [7, 11) is 0. The van der Waals surface area contributed by atoms with Crippen molar-refractivity contribution in [1.82, 2.24) is 4.98 Å². The van der Waals surface area contributed by atoms with E-state index in [1.165, 1.54) is 38.7 Å². The number of pyridine rings is 1. The Bertz CT molecular complexity index is 1640. The summed E-state index contributed by atoms with van der Waals surface area (Å²) >= 11 is 0. The smallest absolute Gasteiger partial charge is 0.0703 e. The molecule has 6 aromatic rings. The highest BCUT2D eigenvalue weighted by Gasteiger charge is 2.24. The minimum atomic E-state index is 1.00. The number of benzene rings is 5. The van der Waals surface area contributed by atoms with Crippen LogP contribution in [0.1, 0.15) is 0 Å². The summed E-state index contributed by atoms with van der Waals surface area (Å²) in [6.07, 6.45) is 1.85. The number of hydrogen-bond acceptors (Lipinski definition) is 2. The monoisotopic (exact) mass is 420 g/mol. The van der Waals surface area contributed by atoms with E-state index in [1.807, 2.05) is 12.3 Å². The molecule has 154 valence electrons. The van der Waals surface area contributed by atoms with Crippen LogP contribution in [0.3, 0.4) is 0 Å². The fraction of sp³-hybridized carbons (Fsp3) is 0. The van der Waals surface area contributed by atoms with Crippen LogP contribution in [0.5, 0.6) is 0 Å². The molecule has 0 amide bonds. The number of rotatable bonds is 3. The third-order valence-electron chi connectivity index (χ3n) is 6.63. The van der Waals surface area contributed by atoms with Crippen LogP contribution in [-0.4, -0.2) is 4.98 Å². The quantitative estimate of drug-likeness (QED) is 0.285. The van der Waals surface area contributed by atoms with Crippen LogP contribution in [0.2, 0.25) is 0 Å². The van der Waals surface area contributed by atoms with Gasteiger partial charge in [-0.2, -0.15) is 0 Å². The fourth-order valence-corrected chi connectivity index (χ4v) is 5.19. The van der Waals surface area contributed by atoms with Crippen molar-refractivity contribution in [2.45, 2.75) is 0 Å². The molecule has 1 aliphatic rings. The van der Waals surface area contributed by atoms with E-state index in [9.17, 15) is 0 Å². The van der Waals surface area contributed by atoms with E-state index in [0.29, 0.717) is 0 Å². The molecular formula is C31H20N2. The lowest BCUT2D eigenvalue weighted by Crippen LogP contribution is -2.10. The second-order valence-electron chi connectivity index (χ2n) is 8.46. The lowest BCUT2D eigenvalue weighted by molar-refractivity contribution is 1.30. The van der Waals surface area contributed by atoms with Crippen LogP contribution >= 0.6 is 0 Å². The van der Waals surface area contributed by atoms with Gasteiger partial charge in [-0.05, 0) is 70.1 Å². The lowest BCUT2D eigenvalue weighted by Gasteiger charge is -2.27. The minimum Gasteiger partial charge on any atom is -0.310 e. The average Bonchev–Trinajstić information content (AvgIpc) is 3.21. The Labute approximate surface area is 192 Å². The first-order valence-electron chi connectivity index (χ1n) is 11.2. The molecular weight excluding hydrogens is 400 g/mol. The van der Waals surface area contributed by atoms with Crippen LogP contribution < -0.4 is 4.90 Å². The Kier molecular flexibility index (Phi) is 3.88. The number of para-hydroxylation sites is 1. The van der Waals surface area contributed by atoms with Gasteiger partial charge in [0.2, 0.25) is 0 Å². The van der Waals surface area contributed by atoms with Gasteiger partial charge in [-0.1, -0.05) is 72.8 Å². The summed E-state index contributed by atoms with van der Waals surface area (Å²) in [5, 5.41) is 3.73. The molecule has 1 aliphatic carbocycles. The molecule has 0 atom stereocenters. The summed E-state index contributed by atoms with van der Waals surface area (Å²) in [5.74, 6) is 0. The predicted molar refractivity (Wildman–Crippen MR) is 138 cm³/mol. The van der Waals surface area contributed by atoms with Crippen LogP contribution in [0.4, 0.5) is 17.1 Å². The summed E-state index contributed by atoms with van der Waals surface area (Å²) in [6, 6.07) is 41.2. The maximum Gasteiger partial charge on any atom is 0.0703 e. The Balaban J connectivity index is 1.52. The van der Waals surface area contributed by atoms with Crippen molar-refractivity contribution in [2.75, 3.05) is 4.90 Å². The van der Waals surface area contributed by atoms with Crippen LogP contribution in [0.15, 0.2) is 121 Å². The molecule has 0 unspecified atom stereocenters. The molecule has 0 radical (unpaired) electrons. The Hall–Kier alpha value is -4.43. The standard InChI is InChI=1S/C31H20N2/c1-2-9-22(10-3-1)33(23-15-17-29-21(20-23)8-7-19-32-29)30-18-16-27-25-12-5-4-11-24(25)26-13-6-14-28(30)31(26)27/h1-20H. The average molecular weight is 421 g/mol. The minimum absolute atomic E-state index is 1.00. The van der Waals surface area contributed by atoms with Gasteiger partial charge in [0, 0.05) is 28.3 Å². The zero-order valence-electron chi connectivity index (χ0n) is 17.9. The zero-order valence-corrected chi connectivity index (χ0v) is 17.9. The number of nitrogens with zero attached hydrogens (tertiary/aromatic N) is 2. The molecule has 2 heteroatoms. The van der Waals surface area contributed by atoms with Gasteiger partial charge >= 0.3 is 0 Å². The Morgan fingerprint density at radius 1 is 0.515 bits per heavy atom. The summed E-state index contributed by atoms with van der Waals surface area (Å²) < 4.78 is 0. The Morgan fingerprint density at radius 2 is 1.27 bits per heavy atom. The molecule has 1 aromatic heterocycles. The van der Waals surface area contributed by atoms with Crippen molar-refractivity contribution >= 4 is 38.7 Å². The van der Waals surface area contributed by atoms with Crippen LogP contribution in [0, 0.1) is 0 Å². The van der Waals surface area contributed by atoms with Crippen LogP contribution in [0.25, 0.3) is 43.9 Å². The largest absolute Gasteiger partial charge is 0.310 e. The first-order chi connectivity index (χ1) is 16.4. The number of fused-ring (bicyclic) bond motifs is 4. The topological polar surface area (TPSA) is 16.1 Å². The van der Waals surface area contributed by atoms with Gasteiger partial charge in [-0.3, -0.25) is 4.98 Å². The highest BCUT2D eigenvalue weighted by molar-refractivity contribution is 6.19. The predicted octanol–water partition coefficient (Wildman–Crippen LogP) is 8.51. The summed E-state index contributed by atoms with van der Waals surface area (Å²) in [4.78, 5) is 6.87. The lowest BCUT2D eigenvalue weighted by atomic mass is 10.00. The highest BCUT2D eigenvalue weighted by Crippen LogP contribution is 2.50. The van der Waals surface area contributed by atoms with Crippen molar-refractivity contribution < 1.29 is 0 Å². The van der Waals surface area contributed by atoms with Crippen molar-refractivity contribution in [2.24, 2.45) is 0 Å².